The average Bonchev–Trinajstić information content (AvgIpc) is 2.41. The summed E-state index contributed by atoms with van der Waals surface area (Å²) in [5.41, 5.74) is 6.26. The molecule has 3 N–H and O–H groups in total. The van der Waals surface area contributed by atoms with Crippen LogP contribution in [-0.2, 0) is 0 Å². The first-order valence-electron chi connectivity index (χ1n) is 5.70. The SMILES string of the molecule is COc1ccc(F)c(C(O)c2cc(Cl)ccc2N)c1Cl. The monoisotopic (exact) mass is 315 g/mol. The fraction of sp³-hybridized carbons (Fsp3) is 0.143. The summed E-state index contributed by atoms with van der Waals surface area (Å²) in [6.07, 6.45) is -1.34. The van der Waals surface area contributed by atoms with Crippen molar-refractivity contribution in [2.24, 2.45) is 0 Å². The van der Waals surface area contributed by atoms with Gasteiger partial charge in [-0.3, -0.25) is 0 Å². The van der Waals surface area contributed by atoms with Gasteiger partial charge in [0.2, 0.25) is 0 Å². The van der Waals surface area contributed by atoms with Crippen molar-refractivity contribution in [1.82, 2.24) is 0 Å². The Morgan fingerprint density at radius 2 is 1.95 bits per heavy atom. The van der Waals surface area contributed by atoms with Gasteiger partial charge in [0.05, 0.1) is 12.1 Å². The van der Waals surface area contributed by atoms with E-state index in [9.17, 15) is 9.50 Å². The van der Waals surface area contributed by atoms with Gasteiger partial charge in [-0.15, -0.1) is 0 Å². The van der Waals surface area contributed by atoms with Crippen LogP contribution in [-0.4, -0.2) is 12.2 Å². The summed E-state index contributed by atoms with van der Waals surface area (Å²) in [6.45, 7) is 0. The number of nitrogen functional groups attached to an aromatic ring is 1. The number of aliphatic hydroxyl groups is 1. The normalized spacial score (nSPS) is 12.2. The molecule has 2 aromatic carbocycles. The van der Waals surface area contributed by atoms with Crippen LogP contribution in [0.15, 0.2) is 30.3 Å². The van der Waals surface area contributed by atoms with E-state index < -0.39 is 11.9 Å². The molecule has 0 radical (unpaired) electrons. The minimum absolute atomic E-state index is 0.000578. The summed E-state index contributed by atoms with van der Waals surface area (Å²) >= 11 is 11.9. The van der Waals surface area contributed by atoms with Crippen molar-refractivity contribution in [3.63, 3.8) is 0 Å². The van der Waals surface area contributed by atoms with E-state index in [4.69, 9.17) is 33.7 Å². The number of anilines is 1. The van der Waals surface area contributed by atoms with E-state index in [-0.39, 0.29) is 21.9 Å². The van der Waals surface area contributed by atoms with Crippen molar-refractivity contribution in [2.75, 3.05) is 12.8 Å². The quantitative estimate of drug-likeness (QED) is 0.847. The Balaban J connectivity index is 2.58. The van der Waals surface area contributed by atoms with Crippen LogP contribution in [0, 0.1) is 5.82 Å². The van der Waals surface area contributed by atoms with E-state index >= 15 is 0 Å². The van der Waals surface area contributed by atoms with Gasteiger partial charge >= 0.3 is 0 Å². The van der Waals surface area contributed by atoms with Crippen LogP contribution in [0.1, 0.15) is 17.2 Å². The van der Waals surface area contributed by atoms with Crippen LogP contribution < -0.4 is 10.5 Å². The van der Waals surface area contributed by atoms with E-state index in [0.29, 0.717) is 10.7 Å². The standard InChI is InChI=1S/C14H12Cl2FNO2/c1-20-11-5-3-9(17)12(13(11)16)14(19)8-6-7(15)2-4-10(8)18/h2-6,14,19H,18H2,1H3. The molecule has 0 aliphatic heterocycles. The molecule has 2 rings (SSSR count). The molecule has 0 bridgehead atoms. The molecule has 106 valence electrons. The second-order valence-corrected chi connectivity index (χ2v) is 4.97. The van der Waals surface area contributed by atoms with Crippen LogP contribution >= 0.6 is 23.2 Å². The maximum atomic E-state index is 14.0. The third kappa shape index (κ3) is 2.68. The maximum Gasteiger partial charge on any atom is 0.138 e. The van der Waals surface area contributed by atoms with E-state index in [2.05, 4.69) is 0 Å². The number of benzene rings is 2. The predicted molar refractivity (Wildman–Crippen MR) is 77.9 cm³/mol. The molecule has 2 aromatic rings. The predicted octanol–water partition coefficient (Wildman–Crippen LogP) is 3.81. The third-order valence-corrected chi connectivity index (χ3v) is 3.55. The Morgan fingerprint density at radius 1 is 1.25 bits per heavy atom. The molecule has 0 spiro atoms. The van der Waals surface area contributed by atoms with Crippen molar-refractivity contribution < 1.29 is 14.2 Å². The van der Waals surface area contributed by atoms with E-state index in [0.717, 1.165) is 0 Å². The van der Waals surface area contributed by atoms with E-state index in [1.807, 2.05) is 0 Å². The lowest BCUT2D eigenvalue weighted by Gasteiger charge is -2.17. The van der Waals surface area contributed by atoms with Gasteiger partial charge in [-0.2, -0.15) is 0 Å². The van der Waals surface area contributed by atoms with Gasteiger partial charge in [0.15, 0.2) is 0 Å². The summed E-state index contributed by atoms with van der Waals surface area (Å²) in [5.74, 6) is -0.384. The number of halogens is 3. The summed E-state index contributed by atoms with van der Waals surface area (Å²) < 4.78 is 19.0. The largest absolute Gasteiger partial charge is 0.495 e. The minimum Gasteiger partial charge on any atom is -0.495 e. The summed E-state index contributed by atoms with van der Waals surface area (Å²) in [6, 6.07) is 7.14. The van der Waals surface area contributed by atoms with Gasteiger partial charge in [-0.25, -0.2) is 4.39 Å². The number of hydrogen-bond donors (Lipinski definition) is 2. The van der Waals surface area contributed by atoms with Crippen LogP contribution in [0.2, 0.25) is 10.0 Å². The molecule has 0 aliphatic rings. The molecule has 0 aliphatic carbocycles. The van der Waals surface area contributed by atoms with Crippen molar-refractivity contribution in [1.29, 1.82) is 0 Å². The molecular formula is C14H12Cl2FNO2. The summed E-state index contributed by atoms with van der Waals surface area (Å²) in [7, 11) is 1.41. The lowest BCUT2D eigenvalue weighted by molar-refractivity contribution is 0.215. The zero-order valence-corrected chi connectivity index (χ0v) is 12.0. The molecule has 6 heteroatoms. The molecule has 0 saturated heterocycles. The number of nitrogens with two attached hydrogens (primary N) is 1. The lowest BCUT2D eigenvalue weighted by Crippen LogP contribution is -2.07. The van der Waals surface area contributed by atoms with Crippen LogP contribution in [0.3, 0.4) is 0 Å². The highest BCUT2D eigenvalue weighted by molar-refractivity contribution is 6.33. The smallest absolute Gasteiger partial charge is 0.138 e. The maximum absolute atomic E-state index is 14.0. The highest BCUT2D eigenvalue weighted by Gasteiger charge is 2.23. The molecule has 3 nitrogen and oxygen atoms in total. The summed E-state index contributed by atoms with van der Waals surface area (Å²) in [5, 5.41) is 10.7. The first-order chi connectivity index (χ1) is 9.45. The zero-order valence-electron chi connectivity index (χ0n) is 10.5. The molecule has 0 fully saturated rings. The number of methoxy groups -OCH3 is 1. The van der Waals surface area contributed by atoms with Gasteiger partial charge < -0.3 is 15.6 Å². The second kappa shape index (κ2) is 5.87. The highest BCUT2D eigenvalue weighted by atomic mass is 35.5. The third-order valence-electron chi connectivity index (χ3n) is 2.93. The molecule has 0 saturated carbocycles. The fourth-order valence-corrected chi connectivity index (χ4v) is 2.41. The average molecular weight is 316 g/mol. The Labute approximate surface area is 125 Å². The fourth-order valence-electron chi connectivity index (χ4n) is 1.90. The number of rotatable bonds is 3. The van der Waals surface area contributed by atoms with Crippen LogP contribution in [0.25, 0.3) is 0 Å². The van der Waals surface area contributed by atoms with Gasteiger partial charge in [-0.1, -0.05) is 23.2 Å². The van der Waals surface area contributed by atoms with Gasteiger partial charge in [0.25, 0.3) is 0 Å². The highest BCUT2D eigenvalue weighted by Crippen LogP contribution is 2.38. The molecule has 20 heavy (non-hydrogen) atoms. The van der Waals surface area contributed by atoms with Gasteiger partial charge in [-0.05, 0) is 30.3 Å². The Kier molecular flexibility index (Phi) is 4.38. The van der Waals surface area contributed by atoms with Crippen LogP contribution in [0.4, 0.5) is 10.1 Å². The first-order valence-corrected chi connectivity index (χ1v) is 6.46. The topological polar surface area (TPSA) is 55.5 Å². The molecule has 1 unspecified atom stereocenters. The molecule has 1 atom stereocenters. The van der Waals surface area contributed by atoms with Crippen molar-refractivity contribution in [3.8, 4) is 5.75 Å². The van der Waals surface area contributed by atoms with Crippen molar-refractivity contribution >= 4 is 28.9 Å². The zero-order chi connectivity index (χ0) is 14.9. The summed E-state index contributed by atoms with van der Waals surface area (Å²) in [4.78, 5) is 0. The number of aliphatic hydroxyl groups excluding tert-OH is 1. The first kappa shape index (κ1) is 14.9. The Bertz CT molecular complexity index is 649. The molecular weight excluding hydrogens is 304 g/mol. The van der Waals surface area contributed by atoms with Gasteiger partial charge in [0.1, 0.15) is 17.7 Å². The van der Waals surface area contributed by atoms with E-state index in [1.54, 1.807) is 6.07 Å². The molecule has 0 aromatic heterocycles. The molecule has 0 amide bonds. The Hall–Kier alpha value is -1.49. The number of ether oxygens (including phenoxy) is 1. The number of hydrogen-bond acceptors (Lipinski definition) is 3. The Morgan fingerprint density at radius 3 is 2.60 bits per heavy atom. The van der Waals surface area contributed by atoms with Crippen molar-refractivity contribution in [2.45, 2.75) is 6.10 Å². The molecule has 0 heterocycles. The van der Waals surface area contributed by atoms with E-state index in [1.165, 1.54) is 31.4 Å². The second-order valence-electron chi connectivity index (χ2n) is 4.15. The lowest BCUT2D eigenvalue weighted by atomic mass is 9.99. The van der Waals surface area contributed by atoms with Crippen LogP contribution in [0.5, 0.6) is 5.75 Å². The minimum atomic E-state index is -1.34. The van der Waals surface area contributed by atoms with Crippen molar-refractivity contribution in [3.05, 3.63) is 57.3 Å². The van der Waals surface area contributed by atoms with Gasteiger partial charge in [0, 0.05) is 21.8 Å².